The van der Waals surface area contributed by atoms with Crippen molar-refractivity contribution in [2.24, 2.45) is 0 Å². The minimum atomic E-state index is -0.595. The zero-order valence-corrected chi connectivity index (χ0v) is 11.3. The maximum atomic E-state index is 11.7. The minimum absolute atomic E-state index is 0.0468. The van der Waals surface area contributed by atoms with Crippen molar-refractivity contribution in [3.63, 3.8) is 0 Å². The van der Waals surface area contributed by atoms with Crippen molar-refractivity contribution < 1.29 is 4.79 Å². The van der Waals surface area contributed by atoms with Crippen LogP contribution in [0.3, 0.4) is 0 Å². The lowest BCUT2D eigenvalue weighted by atomic mass is 9.86. The summed E-state index contributed by atoms with van der Waals surface area (Å²) in [4.78, 5) is 12.8. The van der Waals surface area contributed by atoms with Gasteiger partial charge in [0.15, 0.2) is 0 Å². The first kappa shape index (κ1) is 13.9. The first-order valence-corrected chi connectivity index (χ1v) is 6.09. The van der Waals surface area contributed by atoms with Gasteiger partial charge in [-0.2, -0.15) is 0 Å². The molecule has 1 rings (SSSR count). The molecule has 3 heteroatoms. The van der Waals surface area contributed by atoms with E-state index in [1.165, 1.54) is 6.92 Å². The van der Waals surface area contributed by atoms with Gasteiger partial charge in [0.2, 0.25) is 5.91 Å². The van der Waals surface area contributed by atoms with Crippen LogP contribution in [-0.2, 0) is 4.79 Å². The Labute approximate surface area is 108 Å². The van der Waals surface area contributed by atoms with E-state index in [2.05, 4.69) is 12.8 Å². The molecule has 1 amide bonds. The van der Waals surface area contributed by atoms with Gasteiger partial charge in [-0.25, -0.2) is 0 Å². The van der Waals surface area contributed by atoms with Crippen molar-refractivity contribution in [3.8, 4) is 12.3 Å². The summed E-state index contributed by atoms with van der Waals surface area (Å²) in [5.41, 5.74) is 1.13. The van der Waals surface area contributed by atoms with E-state index in [1.807, 2.05) is 25.2 Å². The predicted molar refractivity (Wildman–Crippen MR) is 71.8 cm³/mol. The van der Waals surface area contributed by atoms with Crippen LogP contribution in [0.25, 0.3) is 0 Å². The van der Waals surface area contributed by atoms with Crippen LogP contribution < -0.4 is 0 Å². The van der Waals surface area contributed by atoms with Gasteiger partial charge in [-0.1, -0.05) is 31.1 Å². The highest BCUT2D eigenvalue weighted by atomic mass is 35.5. The first-order valence-electron chi connectivity index (χ1n) is 5.72. The number of carbonyl (C=O) groups excluding carboxylic acids is 1. The second-order valence-electron chi connectivity index (χ2n) is 4.36. The smallest absolute Gasteiger partial charge is 0.220 e. The minimum Gasteiger partial charge on any atom is -0.323 e. The molecule has 0 bridgehead atoms. The third-order valence-corrected chi connectivity index (χ3v) is 3.34. The fourth-order valence-electron chi connectivity index (χ4n) is 2.20. The molecule has 2 nitrogen and oxygen atoms in total. The summed E-state index contributed by atoms with van der Waals surface area (Å²) >= 11 is 6.50. The van der Waals surface area contributed by atoms with E-state index in [1.54, 1.807) is 4.90 Å². The number of carbonyl (C=O) groups is 1. The third kappa shape index (κ3) is 2.92. The van der Waals surface area contributed by atoms with Gasteiger partial charge >= 0.3 is 0 Å². The molecule has 0 saturated carbocycles. The van der Waals surface area contributed by atoms with Crippen LogP contribution in [0.4, 0.5) is 0 Å². The molecule has 0 aromatic carbocycles. The Kier molecular flexibility index (Phi) is 4.42. The van der Waals surface area contributed by atoms with E-state index in [0.29, 0.717) is 0 Å². The quantitative estimate of drug-likeness (QED) is 0.558. The number of terminal acetylenes is 1. The highest BCUT2D eigenvalue weighted by Gasteiger charge is 2.38. The van der Waals surface area contributed by atoms with Crippen molar-refractivity contribution in [2.45, 2.75) is 38.1 Å². The van der Waals surface area contributed by atoms with Crippen LogP contribution in [0.15, 0.2) is 23.8 Å². The van der Waals surface area contributed by atoms with Crippen LogP contribution in [0.5, 0.6) is 0 Å². The van der Waals surface area contributed by atoms with Crippen LogP contribution >= 0.6 is 11.6 Å². The summed E-state index contributed by atoms with van der Waals surface area (Å²) in [6.45, 7) is 5.77. The van der Waals surface area contributed by atoms with Gasteiger partial charge in [0, 0.05) is 6.92 Å². The largest absolute Gasteiger partial charge is 0.323 e. The highest BCUT2D eigenvalue weighted by molar-refractivity contribution is 6.26. The molecule has 0 aromatic rings. The van der Waals surface area contributed by atoms with Crippen molar-refractivity contribution in [2.75, 3.05) is 6.54 Å². The summed E-state index contributed by atoms with van der Waals surface area (Å²) in [6.07, 6.45) is 12.0. The molecule has 0 fully saturated rings. The van der Waals surface area contributed by atoms with E-state index in [-0.39, 0.29) is 18.5 Å². The Morgan fingerprint density at radius 3 is 2.82 bits per heavy atom. The molecular formula is C14H18ClNO. The van der Waals surface area contributed by atoms with Crippen molar-refractivity contribution in [1.29, 1.82) is 0 Å². The average Bonchev–Trinajstić information content (AvgIpc) is 2.25. The number of allylic oxidation sites excluding steroid dienone is 2. The standard InChI is InChI=1S/C14H18ClNO/c1-5-10-16(11(3)17)13-12(6-2)8-7-9-14(13,4)15/h1,7-9,13H,6,10H2,2-4H3. The molecule has 2 unspecified atom stereocenters. The second-order valence-corrected chi connectivity index (χ2v) is 5.17. The van der Waals surface area contributed by atoms with Gasteiger partial charge in [-0.3, -0.25) is 4.79 Å². The van der Waals surface area contributed by atoms with Crippen molar-refractivity contribution in [1.82, 2.24) is 4.90 Å². The summed E-state index contributed by atoms with van der Waals surface area (Å²) in [5.74, 6) is 2.48. The SMILES string of the molecule is C#CCN(C(C)=O)C1C(CC)=CC=CC1(C)Cl. The Morgan fingerprint density at radius 2 is 2.35 bits per heavy atom. The number of nitrogens with zero attached hydrogens (tertiary/aromatic N) is 1. The van der Waals surface area contributed by atoms with Gasteiger partial charge < -0.3 is 4.90 Å². The first-order chi connectivity index (χ1) is 7.94. The molecule has 0 radical (unpaired) electrons. The fraction of sp³-hybridized carbons (Fsp3) is 0.500. The molecular weight excluding hydrogens is 234 g/mol. The molecule has 0 aromatic heterocycles. The molecule has 17 heavy (non-hydrogen) atoms. The Hall–Kier alpha value is -1.20. The van der Waals surface area contributed by atoms with E-state index in [4.69, 9.17) is 18.0 Å². The molecule has 1 aliphatic rings. The Balaban J connectivity index is 3.13. The number of hydrogen-bond donors (Lipinski definition) is 0. The zero-order valence-electron chi connectivity index (χ0n) is 10.5. The van der Waals surface area contributed by atoms with Crippen molar-refractivity contribution >= 4 is 17.5 Å². The van der Waals surface area contributed by atoms with Crippen LogP contribution in [-0.4, -0.2) is 28.3 Å². The summed E-state index contributed by atoms with van der Waals surface area (Å²) in [6, 6.07) is -0.160. The third-order valence-electron chi connectivity index (χ3n) is 3.00. The number of hydrogen-bond acceptors (Lipinski definition) is 1. The van der Waals surface area contributed by atoms with Crippen LogP contribution in [0.2, 0.25) is 0 Å². The maximum Gasteiger partial charge on any atom is 0.220 e. The normalized spacial score (nSPS) is 27.2. The van der Waals surface area contributed by atoms with Gasteiger partial charge in [0.1, 0.15) is 0 Å². The second kappa shape index (κ2) is 5.42. The van der Waals surface area contributed by atoms with Gasteiger partial charge in [0.05, 0.1) is 17.5 Å². The lowest BCUT2D eigenvalue weighted by Crippen LogP contribution is -2.51. The predicted octanol–water partition coefficient (Wildman–Crippen LogP) is 2.74. The highest BCUT2D eigenvalue weighted by Crippen LogP contribution is 2.34. The number of halogens is 1. The summed E-state index contributed by atoms with van der Waals surface area (Å²) in [5, 5.41) is 0. The fourth-order valence-corrected chi connectivity index (χ4v) is 2.53. The number of amides is 1. The monoisotopic (exact) mass is 251 g/mol. The van der Waals surface area contributed by atoms with E-state index in [9.17, 15) is 4.79 Å². The molecule has 92 valence electrons. The van der Waals surface area contributed by atoms with Gasteiger partial charge in [0.25, 0.3) is 0 Å². The summed E-state index contributed by atoms with van der Waals surface area (Å²) in [7, 11) is 0. The molecule has 0 spiro atoms. The topological polar surface area (TPSA) is 20.3 Å². The lowest BCUT2D eigenvalue weighted by molar-refractivity contribution is -0.130. The molecule has 0 heterocycles. The van der Waals surface area contributed by atoms with Crippen LogP contribution in [0.1, 0.15) is 27.2 Å². The van der Waals surface area contributed by atoms with E-state index >= 15 is 0 Å². The molecule has 0 N–H and O–H groups in total. The lowest BCUT2D eigenvalue weighted by Gasteiger charge is -2.40. The number of alkyl halides is 1. The Bertz CT molecular complexity index is 401. The van der Waals surface area contributed by atoms with Gasteiger partial charge in [-0.15, -0.1) is 18.0 Å². The zero-order chi connectivity index (χ0) is 13.1. The van der Waals surface area contributed by atoms with Gasteiger partial charge in [-0.05, 0) is 18.9 Å². The molecule has 0 aliphatic heterocycles. The molecule has 2 atom stereocenters. The number of rotatable bonds is 3. The molecule has 0 saturated heterocycles. The molecule has 1 aliphatic carbocycles. The van der Waals surface area contributed by atoms with Crippen LogP contribution in [0, 0.1) is 12.3 Å². The van der Waals surface area contributed by atoms with E-state index in [0.717, 1.165) is 12.0 Å². The Morgan fingerprint density at radius 1 is 1.71 bits per heavy atom. The van der Waals surface area contributed by atoms with Crippen molar-refractivity contribution in [3.05, 3.63) is 23.8 Å². The summed E-state index contributed by atoms with van der Waals surface area (Å²) < 4.78 is 0. The average molecular weight is 252 g/mol. The van der Waals surface area contributed by atoms with E-state index < -0.39 is 4.87 Å². The maximum absolute atomic E-state index is 11.7.